The predicted octanol–water partition coefficient (Wildman–Crippen LogP) is 5.72. The molecule has 0 saturated carbocycles. The average molecular weight is 505 g/mol. The van der Waals surface area contributed by atoms with Crippen LogP contribution in [0.2, 0.25) is 0 Å². The quantitative estimate of drug-likeness (QED) is 0.315. The van der Waals surface area contributed by atoms with Crippen molar-refractivity contribution in [1.82, 2.24) is 14.9 Å². The Hall–Kier alpha value is -2.96. The number of fused-ring (bicyclic) bond motifs is 1. The van der Waals surface area contributed by atoms with E-state index in [1.165, 1.54) is 16.0 Å². The lowest BCUT2D eigenvalue weighted by molar-refractivity contribution is -0.131. The molecular weight excluding hydrogens is 476 g/mol. The number of alkyl halides is 1. The van der Waals surface area contributed by atoms with E-state index in [-0.39, 0.29) is 5.91 Å². The van der Waals surface area contributed by atoms with Gasteiger partial charge in [0.15, 0.2) is 0 Å². The smallest absolute Gasteiger partial charge is 0.245 e. The minimum Gasteiger partial charge on any atom is -0.352 e. The number of rotatable bonds is 6. The monoisotopic (exact) mass is 504 g/mol. The Kier molecular flexibility index (Phi) is 7.02. The SMILES string of the molecule is Cc1sc2nc(CCc3ccccc3)nc(N3CCN(C(=O)[C@@H](Cl)c4ccccc4)CC3)c2c1C. The van der Waals surface area contributed by atoms with Gasteiger partial charge in [0.1, 0.15) is 21.8 Å². The van der Waals surface area contributed by atoms with E-state index in [1.54, 1.807) is 11.3 Å². The molecule has 0 radical (unpaired) electrons. The Balaban J connectivity index is 1.35. The van der Waals surface area contributed by atoms with Crippen molar-refractivity contribution in [2.24, 2.45) is 0 Å². The molecule has 0 aliphatic carbocycles. The van der Waals surface area contributed by atoms with Crippen molar-refractivity contribution in [2.75, 3.05) is 31.1 Å². The van der Waals surface area contributed by atoms with Crippen molar-refractivity contribution < 1.29 is 4.79 Å². The predicted molar refractivity (Wildman–Crippen MR) is 145 cm³/mol. The van der Waals surface area contributed by atoms with Gasteiger partial charge in [-0.3, -0.25) is 4.79 Å². The van der Waals surface area contributed by atoms with E-state index >= 15 is 0 Å². The van der Waals surface area contributed by atoms with Crippen LogP contribution >= 0.6 is 22.9 Å². The fraction of sp³-hybridized carbons (Fsp3) is 0.321. The molecule has 1 amide bonds. The Morgan fingerprint density at radius 1 is 0.943 bits per heavy atom. The lowest BCUT2D eigenvalue weighted by Crippen LogP contribution is -2.50. The van der Waals surface area contributed by atoms with Gasteiger partial charge in [0, 0.05) is 37.5 Å². The average Bonchev–Trinajstić information content (AvgIpc) is 3.20. The number of hydrogen-bond donors (Lipinski definition) is 0. The number of benzene rings is 2. The van der Waals surface area contributed by atoms with Crippen molar-refractivity contribution in [1.29, 1.82) is 0 Å². The number of aromatic nitrogens is 2. The second-order valence-corrected chi connectivity index (χ2v) is 10.6. The van der Waals surface area contributed by atoms with Gasteiger partial charge >= 0.3 is 0 Å². The lowest BCUT2D eigenvalue weighted by atomic mass is 10.1. The van der Waals surface area contributed by atoms with Crippen LogP contribution in [-0.4, -0.2) is 47.0 Å². The highest BCUT2D eigenvalue weighted by Crippen LogP contribution is 2.36. The first-order valence-corrected chi connectivity index (χ1v) is 13.3. The molecule has 5 rings (SSSR count). The maximum absolute atomic E-state index is 13.0. The molecule has 1 aliphatic heterocycles. The molecule has 3 heterocycles. The molecule has 2 aromatic carbocycles. The third-order valence-electron chi connectivity index (χ3n) is 6.74. The summed E-state index contributed by atoms with van der Waals surface area (Å²) in [6.07, 6.45) is 1.71. The number of aryl methyl sites for hydroxylation is 4. The van der Waals surface area contributed by atoms with Crippen LogP contribution in [0.5, 0.6) is 0 Å². The number of carbonyl (C=O) groups is 1. The summed E-state index contributed by atoms with van der Waals surface area (Å²) in [7, 11) is 0. The first kappa shape index (κ1) is 23.8. The van der Waals surface area contributed by atoms with Gasteiger partial charge in [-0.1, -0.05) is 60.7 Å². The van der Waals surface area contributed by atoms with Gasteiger partial charge in [0.2, 0.25) is 5.91 Å². The fourth-order valence-electron chi connectivity index (χ4n) is 4.58. The summed E-state index contributed by atoms with van der Waals surface area (Å²) in [5.41, 5.74) is 3.38. The van der Waals surface area contributed by atoms with E-state index in [9.17, 15) is 4.79 Å². The summed E-state index contributed by atoms with van der Waals surface area (Å²) < 4.78 is 0. The molecule has 0 spiro atoms. The number of piperazine rings is 1. The van der Waals surface area contributed by atoms with Crippen LogP contribution in [0.1, 0.15) is 32.8 Å². The largest absolute Gasteiger partial charge is 0.352 e. The highest BCUT2D eigenvalue weighted by atomic mass is 35.5. The molecule has 5 nitrogen and oxygen atoms in total. The van der Waals surface area contributed by atoms with Gasteiger partial charge < -0.3 is 9.80 Å². The second kappa shape index (κ2) is 10.3. The molecule has 0 bridgehead atoms. The number of halogens is 1. The maximum Gasteiger partial charge on any atom is 0.245 e. The summed E-state index contributed by atoms with van der Waals surface area (Å²) in [5.74, 6) is 1.84. The summed E-state index contributed by atoms with van der Waals surface area (Å²) >= 11 is 8.27. The summed E-state index contributed by atoms with van der Waals surface area (Å²) in [5, 5.41) is 0.495. The molecule has 1 aliphatic rings. The minimum atomic E-state index is -0.653. The van der Waals surface area contributed by atoms with E-state index in [1.807, 2.05) is 41.3 Å². The lowest BCUT2D eigenvalue weighted by Gasteiger charge is -2.36. The zero-order valence-electron chi connectivity index (χ0n) is 20.1. The zero-order chi connectivity index (χ0) is 24.4. The van der Waals surface area contributed by atoms with Crippen LogP contribution in [-0.2, 0) is 17.6 Å². The summed E-state index contributed by atoms with van der Waals surface area (Å²) in [4.78, 5) is 29.5. The van der Waals surface area contributed by atoms with Gasteiger partial charge in [0.05, 0.1) is 5.39 Å². The molecule has 1 saturated heterocycles. The van der Waals surface area contributed by atoms with Gasteiger partial charge in [0.25, 0.3) is 0 Å². The normalized spacial score (nSPS) is 14.9. The number of anilines is 1. The molecule has 4 aromatic rings. The number of nitrogens with zero attached hydrogens (tertiary/aromatic N) is 4. The standard InChI is InChI=1S/C28H29ClN4OS/c1-19-20(2)35-27-24(19)26(30-23(31-27)14-13-21-9-5-3-6-10-21)32-15-17-33(18-16-32)28(34)25(29)22-11-7-4-8-12-22/h3-12,25H,13-18H2,1-2H3/t25-/m0/s1. The molecule has 1 fully saturated rings. The van der Waals surface area contributed by atoms with Crippen molar-refractivity contribution in [3.63, 3.8) is 0 Å². The van der Waals surface area contributed by atoms with Gasteiger partial charge in [-0.25, -0.2) is 9.97 Å². The number of hydrogen-bond acceptors (Lipinski definition) is 5. The van der Waals surface area contributed by atoms with Gasteiger partial charge in [-0.15, -0.1) is 22.9 Å². The Bertz CT molecular complexity index is 1320. The number of carbonyl (C=O) groups excluding carboxylic acids is 1. The van der Waals surface area contributed by atoms with Crippen LogP contribution < -0.4 is 4.90 Å². The van der Waals surface area contributed by atoms with Crippen molar-refractivity contribution in [3.8, 4) is 0 Å². The first-order chi connectivity index (χ1) is 17.0. The Morgan fingerprint density at radius 2 is 1.60 bits per heavy atom. The van der Waals surface area contributed by atoms with E-state index in [0.717, 1.165) is 53.4 Å². The number of amides is 1. The van der Waals surface area contributed by atoms with Crippen LogP contribution in [0.3, 0.4) is 0 Å². The summed E-state index contributed by atoms with van der Waals surface area (Å²) in [6.45, 7) is 7.01. The topological polar surface area (TPSA) is 49.3 Å². The fourth-order valence-corrected chi connectivity index (χ4v) is 5.90. The van der Waals surface area contributed by atoms with Crippen molar-refractivity contribution in [3.05, 3.63) is 88.1 Å². The molecule has 1 atom stereocenters. The van der Waals surface area contributed by atoms with Crippen molar-refractivity contribution in [2.45, 2.75) is 32.1 Å². The van der Waals surface area contributed by atoms with Crippen LogP contribution in [0.25, 0.3) is 10.2 Å². The molecule has 7 heteroatoms. The highest BCUT2D eigenvalue weighted by molar-refractivity contribution is 7.18. The van der Waals surface area contributed by atoms with E-state index < -0.39 is 5.38 Å². The van der Waals surface area contributed by atoms with Gasteiger partial charge in [-0.2, -0.15) is 0 Å². The zero-order valence-corrected chi connectivity index (χ0v) is 21.6. The van der Waals surface area contributed by atoms with Crippen LogP contribution in [0.4, 0.5) is 5.82 Å². The summed E-state index contributed by atoms with van der Waals surface area (Å²) in [6, 6.07) is 20.0. The third kappa shape index (κ3) is 5.04. The van der Waals surface area contributed by atoms with E-state index in [2.05, 4.69) is 43.0 Å². The Labute approximate surface area is 215 Å². The van der Waals surface area contributed by atoms with Gasteiger partial charge in [-0.05, 0) is 37.0 Å². The molecule has 35 heavy (non-hydrogen) atoms. The van der Waals surface area contributed by atoms with E-state index in [4.69, 9.17) is 21.6 Å². The van der Waals surface area contributed by atoms with E-state index in [0.29, 0.717) is 13.1 Å². The Morgan fingerprint density at radius 3 is 2.29 bits per heavy atom. The van der Waals surface area contributed by atoms with Crippen LogP contribution in [0, 0.1) is 13.8 Å². The second-order valence-electron chi connectivity index (χ2n) is 9.00. The molecule has 0 unspecified atom stereocenters. The highest BCUT2D eigenvalue weighted by Gasteiger charge is 2.29. The molecule has 0 N–H and O–H groups in total. The van der Waals surface area contributed by atoms with Crippen molar-refractivity contribution >= 4 is 44.9 Å². The molecule has 180 valence electrons. The first-order valence-electron chi connectivity index (χ1n) is 12.0. The molecule has 2 aromatic heterocycles. The maximum atomic E-state index is 13.0. The number of thiophene rings is 1. The third-order valence-corrected chi connectivity index (χ3v) is 8.28. The van der Waals surface area contributed by atoms with Crippen LogP contribution in [0.15, 0.2) is 60.7 Å². The molecular formula is C28H29ClN4OS. The minimum absolute atomic E-state index is 0.0311.